The van der Waals surface area contributed by atoms with Gasteiger partial charge in [-0.3, -0.25) is 4.90 Å². The topological polar surface area (TPSA) is 32.7 Å². The summed E-state index contributed by atoms with van der Waals surface area (Å²) in [7, 11) is 1.67. The van der Waals surface area contributed by atoms with E-state index < -0.39 is 0 Å². The number of rotatable bonds is 8. The van der Waals surface area contributed by atoms with Gasteiger partial charge in [-0.1, -0.05) is 49.4 Å². The van der Waals surface area contributed by atoms with Gasteiger partial charge < -0.3 is 9.84 Å². The summed E-state index contributed by atoms with van der Waals surface area (Å²) in [4.78, 5) is 2.28. The molecule has 0 amide bonds. The normalized spacial score (nSPS) is 12.4. The Morgan fingerprint density at radius 3 is 2.09 bits per heavy atom. The maximum atomic E-state index is 10.0. The molecule has 118 valence electrons. The van der Waals surface area contributed by atoms with Gasteiger partial charge in [0.1, 0.15) is 5.75 Å². The lowest BCUT2D eigenvalue weighted by Gasteiger charge is -2.25. The third-order valence-electron chi connectivity index (χ3n) is 3.75. The summed E-state index contributed by atoms with van der Waals surface area (Å²) in [5, 5.41) is 10.0. The van der Waals surface area contributed by atoms with E-state index in [0.29, 0.717) is 6.54 Å². The van der Waals surface area contributed by atoms with Gasteiger partial charge in [0, 0.05) is 19.6 Å². The largest absolute Gasteiger partial charge is 0.497 e. The Bertz CT molecular complexity index is 539. The SMILES string of the molecule is CC[C@H](O)CN(Cc1ccccc1)Cc1ccc(OC)cc1. The molecule has 0 unspecified atom stereocenters. The van der Waals surface area contributed by atoms with Crippen molar-refractivity contribution in [1.29, 1.82) is 0 Å². The number of aliphatic hydroxyl groups is 1. The van der Waals surface area contributed by atoms with Crippen LogP contribution in [0.2, 0.25) is 0 Å². The van der Waals surface area contributed by atoms with Crippen LogP contribution in [0.15, 0.2) is 54.6 Å². The van der Waals surface area contributed by atoms with Crippen LogP contribution in [0.1, 0.15) is 24.5 Å². The molecular weight excluding hydrogens is 274 g/mol. The number of methoxy groups -OCH3 is 1. The number of hydrogen-bond acceptors (Lipinski definition) is 3. The summed E-state index contributed by atoms with van der Waals surface area (Å²) < 4.78 is 5.20. The fourth-order valence-corrected chi connectivity index (χ4v) is 2.44. The van der Waals surface area contributed by atoms with Crippen LogP contribution in [0, 0.1) is 0 Å². The summed E-state index contributed by atoms with van der Waals surface area (Å²) in [6, 6.07) is 18.5. The molecule has 0 spiro atoms. The molecule has 3 nitrogen and oxygen atoms in total. The second kappa shape index (κ2) is 8.57. The van der Waals surface area contributed by atoms with Crippen LogP contribution < -0.4 is 4.74 Å². The summed E-state index contributed by atoms with van der Waals surface area (Å²) in [5.74, 6) is 0.868. The number of nitrogens with zero attached hydrogens (tertiary/aromatic N) is 1. The van der Waals surface area contributed by atoms with E-state index in [1.807, 2.05) is 25.1 Å². The molecule has 22 heavy (non-hydrogen) atoms. The zero-order valence-electron chi connectivity index (χ0n) is 13.4. The minimum absolute atomic E-state index is 0.290. The Balaban J connectivity index is 2.05. The summed E-state index contributed by atoms with van der Waals surface area (Å²) in [6.07, 6.45) is 0.482. The maximum Gasteiger partial charge on any atom is 0.118 e. The van der Waals surface area contributed by atoms with Crippen LogP contribution in [-0.2, 0) is 13.1 Å². The van der Waals surface area contributed by atoms with Gasteiger partial charge in [0.2, 0.25) is 0 Å². The van der Waals surface area contributed by atoms with Crippen molar-refractivity contribution in [1.82, 2.24) is 4.90 Å². The highest BCUT2D eigenvalue weighted by atomic mass is 16.5. The monoisotopic (exact) mass is 299 g/mol. The molecule has 1 N–H and O–H groups in total. The summed E-state index contributed by atoms with van der Waals surface area (Å²) in [6.45, 7) is 4.34. The lowest BCUT2D eigenvalue weighted by Crippen LogP contribution is -2.31. The predicted molar refractivity (Wildman–Crippen MR) is 89.8 cm³/mol. The van der Waals surface area contributed by atoms with Gasteiger partial charge in [-0.05, 0) is 29.7 Å². The third kappa shape index (κ3) is 5.17. The number of benzene rings is 2. The minimum Gasteiger partial charge on any atom is -0.497 e. The van der Waals surface area contributed by atoms with Gasteiger partial charge in [-0.15, -0.1) is 0 Å². The molecule has 2 aromatic rings. The average Bonchev–Trinajstić information content (AvgIpc) is 2.56. The number of hydrogen-bond donors (Lipinski definition) is 1. The molecule has 0 bridgehead atoms. The fourth-order valence-electron chi connectivity index (χ4n) is 2.44. The van der Waals surface area contributed by atoms with Crippen molar-refractivity contribution >= 4 is 0 Å². The van der Waals surface area contributed by atoms with Gasteiger partial charge in [-0.2, -0.15) is 0 Å². The van der Waals surface area contributed by atoms with Crippen molar-refractivity contribution < 1.29 is 9.84 Å². The van der Waals surface area contributed by atoms with Gasteiger partial charge in [0.05, 0.1) is 13.2 Å². The molecule has 2 aromatic carbocycles. The van der Waals surface area contributed by atoms with E-state index in [1.54, 1.807) is 7.11 Å². The second-order valence-corrected chi connectivity index (χ2v) is 5.57. The van der Waals surface area contributed by atoms with Crippen LogP contribution in [0.3, 0.4) is 0 Å². The summed E-state index contributed by atoms with van der Waals surface area (Å²) >= 11 is 0. The molecule has 0 aliphatic heterocycles. The van der Waals surface area contributed by atoms with Gasteiger partial charge >= 0.3 is 0 Å². The van der Waals surface area contributed by atoms with E-state index in [0.717, 1.165) is 25.3 Å². The van der Waals surface area contributed by atoms with Gasteiger partial charge in [0.15, 0.2) is 0 Å². The molecule has 0 saturated heterocycles. The quantitative estimate of drug-likeness (QED) is 0.810. The fraction of sp³-hybridized carbons (Fsp3) is 0.368. The van der Waals surface area contributed by atoms with Crippen LogP contribution in [0.4, 0.5) is 0 Å². The third-order valence-corrected chi connectivity index (χ3v) is 3.75. The molecule has 0 aromatic heterocycles. The Hall–Kier alpha value is -1.84. The molecule has 0 aliphatic rings. The zero-order chi connectivity index (χ0) is 15.8. The Morgan fingerprint density at radius 1 is 0.955 bits per heavy atom. The Kier molecular flexibility index (Phi) is 6.44. The minimum atomic E-state index is -0.290. The van der Waals surface area contributed by atoms with E-state index in [-0.39, 0.29) is 6.10 Å². The van der Waals surface area contributed by atoms with Crippen molar-refractivity contribution in [2.45, 2.75) is 32.5 Å². The van der Waals surface area contributed by atoms with E-state index in [9.17, 15) is 5.11 Å². The summed E-state index contributed by atoms with van der Waals surface area (Å²) in [5.41, 5.74) is 2.49. The average molecular weight is 299 g/mol. The first kappa shape index (κ1) is 16.5. The predicted octanol–water partition coefficient (Wildman–Crippen LogP) is 3.47. The first-order chi connectivity index (χ1) is 10.7. The van der Waals surface area contributed by atoms with Crippen LogP contribution in [0.5, 0.6) is 5.75 Å². The van der Waals surface area contributed by atoms with Crippen LogP contribution in [0.25, 0.3) is 0 Å². The smallest absolute Gasteiger partial charge is 0.118 e. The van der Waals surface area contributed by atoms with E-state index >= 15 is 0 Å². The maximum absolute atomic E-state index is 10.0. The van der Waals surface area contributed by atoms with Crippen molar-refractivity contribution in [3.8, 4) is 5.75 Å². The van der Waals surface area contributed by atoms with Crippen molar-refractivity contribution in [2.75, 3.05) is 13.7 Å². The highest BCUT2D eigenvalue weighted by Crippen LogP contribution is 2.15. The lowest BCUT2D eigenvalue weighted by atomic mass is 10.1. The first-order valence-corrected chi connectivity index (χ1v) is 7.78. The highest BCUT2D eigenvalue weighted by molar-refractivity contribution is 5.27. The van der Waals surface area contributed by atoms with Crippen LogP contribution >= 0.6 is 0 Å². The van der Waals surface area contributed by atoms with E-state index in [2.05, 4.69) is 41.3 Å². The molecule has 1 atom stereocenters. The van der Waals surface area contributed by atoms with E-state index in [4.69, 9.17) is 4.74 Å². The molecule has 0 heterocycles. The van der Waals surface area contributed by atoms with Crippen LogP contribution in [-0.4, -0.2) is 29.8 Å². The molecule has 2 rings (SSSR count). The van der Waals surface area contributed by atoms with Crippen molar-refractivity contribution in [2.24, 2.45) is 0 Å². The molecular formula is C19H25NO2. The second-order valence-electron chi connectivity index (χ2n) is 5.57. The molecule has 0 radical (unpaired) electrons. The Morgan fingerprint density at radius 2 is 1.55 bits per heavy atom. The van der Waals surface area contributed by atoms with E-state index in [1.165, 1.54) is 11.1 Å². The first-order valence-electron chi connectivity index (χ1n) is 7.78. The molecule has 0 fully saturated rings. The molecule has 3 heteroatoms. The number of ether oxygens (including phenoxy) is 1. The highest BCUT2D eigenvalue weighted by Gasteiger charge is 2.12. The zero-order valence-corrected chi connectivity index (χ0v) is 13.4. The molecule has 0 saturated carbocycles. The standard InChI is InChI=1S/C19H25NO2/c1-3-18(21)15-20(13-16-7-5-4-6-8-16)14-17-9-11-19(22-2)12-10-17/h4-12,18,21H,3,13-15H2,1-2H3/t18-/m0/s1. The lowest BCUT2D eigenvalue weighted by molar-refractivity contribution is 0.101. The van der Waals surface area contributed by atoms with Gasteiger partial charge in [-0.25, -0.2) is 0 Å². The Labute approximate surface area is 133 Å². The van der Waals surface area contributed by atoms with Gasteiger partial charge in [0.25, 0.3) is 0 Å². The number of aliphatic hydroxyl groups excluding tert-OH is 1. The van der Waals surface area contributed by atoms with Crippen molar-refractivity contribution in [3.05, 3.63) is 65.7 Å². The van der Waals surface area contributed by atoms with Crippen molar-refractivity contribution in [3.63, 3.8) is 0 Å². The molecule has 0 aliphatic carbocycles.